The monoisotopic (exact) mass is 1180 g/mol. The van der Waals surface area contributed by atoms with E-state index in [2.05, 4.69) is 66.4 Å². The van der Waals surface area contributed by atoms with E-state index in [9.17, 15) is 44.4 Å². The lowest BCUT2D eigenvalue weighted by atomic mass is 9.73. The number of thioether (sulfide) groups is 1. The molecule has 3 fully saturated rings. The first-order valence-electron chi connectivity index (χ1n) is 26.7. The summed E-state index contributed by atoms with van der Waals surface area (Å²) in [7, 11) is -11.0. The van der Waals surface area contributed by atoms with E-state index in [1.54, 1.807) is 18.2 Å². The number of piperazine rings is 2. The number of allylic oxidation sites excluding steroid dienone is 1. The third-order valence-electron chi connectivity index (χ3n) is 15.3. The van der Waals surface area contributed by atoms with Gasteiger partial charge in [0.15, 0.2) is 0 Å². The number of hydrogen-bond donors (Lipinski definition) is 3. The Balaban J connectivity index is 0.826. The molecule has 0 spiro atoms. The number of halogens is 4. The molecule has 3 saturated heterocycles. The fraction of sp³-hybridized carbons (Fsp3) is 0.421. The van der Waals surface area contributed by atoms with E-state index < -0.39 is 58.7 Å². The van der Waals surface area contributed by atoms with Crippen molar-refractivity contribution in [3.63, 3.8) is 0 Å². The summed E-state index contributed by atoms with van der Waals surface area (Å²) in [6.07, 6.45) is 4.11. The van der Waals surface area contributed by atoms with Gasteiger partial charge in [-0.05, 0) is 128 Å². The second-order valence-electron chi connectivity index (χ2n) is 21.6. The van der Waals surface area contributed by atoms with Gasteiger partial charge in [0.25, 0.3) is 25.8 Å². The molecule has 4 heterocycles. The van der Waals surface area contributed by atoms with Crippen LogP contribution in [-0.2, 0) is 36.0 Å². The molecule has 0 bridgehead atoms. The number of rotatable bonds is 19. The van der Waals surface area contributed by atoms with Crippen molar-refractivity contribution in [1.29, 1.82) is 0 Å². The Kier molecular flexibility index (Phi) is 18.4. The van der Waals surface area contributed by atoms with Gasteiger partial charge in [0.2, 0.25) is 11.8 Å². The van der Waals surface area contributed by atoms with Gasteiger partial charge in [-0.2, -0.15) is 23.4 Å². The minimum Gasteiger partial charge on any atom is -0.380 e. The van der Waals surface area contributed by atoms with Crippen LogP contribution < -0.4 is 20.3 Å². The predicted octanol–water partition coefficient (Wildman–Crippen LogP) is 8.63. The highest BCUT2D eigenvalue weighted by Gasteiger charge is 2.48. The number of alkyl halides is 3. The molecule has 3 aliphatic heterocycles. The number of piperidine rings is 1. The molecule has 3 N–H and O–H groups in total. The molecule has 4 aliphatic rings. The minimum absolute atomic E-state index is 0.0215. The summed E-state index contributed by atoms with van der Waals surface area (Å²) in [6, 6.07) is 29.2. The van der Waals surface area contributed by atoms with Crippen molar-refractivity contribution in [2.24, 2.45) is 5.41 Å². The van der Waals surface area contributed by atoms with Crippen LogP contribution >= 0.6 is 23.4 Å². The summed E-state index contributed by atoms with van der Waals surface area (Å²) in [4.78, 5) is 45.2. The number of nitrogens with one attached hydrogen (secondary N) is 3. The van der Waals surface area contributed by atoms with E-state index in [0.29, 0.717) is 80.3 Å². The highest BCUT2D eigenvalue weighted by molar-refractivity contribution is 7.99. The number of amides is 3. The van der Waals surface area contributed by atoms with Crippen LogP contribution in [0.5, 0.6) is 0 Å². The molecular weight excluding hydrogens is 1110 g/mol. The summed E-state index contributed by atoms with van der Waals surface area (Å²) in [5.74, 6) is -1.95. The molecule has 4 aromatic carbocycles. The van der Waals surface area contributed by atoms with E-state index in [1.807, 2.05) is 53.3 Å². The minimum atomic E-state index is -6.13. The topological polar surface area (TPSA) is 194 Å². The fourth-order valence-corrected chi connectivity index (χ4v) is 13.8. The molecule has 23 heteroatoms. The maximum absolute atomic E-state index is 14.4. The molecule has 3 amide bonds. The Hall–Kier alpha value is -5.88. The molecule has 1 aliphatic carbocycles. The van der Waals surface area contributed by atoms with Crippen molar-refractivity contribution in [3.05, 3.63) is 142 Å². The van der Waals surface area contributed by atoms with Gasteiger partial charge in [0.05, 0.1) is 27.9 Å². The number of hydrogen-bond acceptors (Lipinski definition) is 15. The third-order valence-corrected chi connectivity index (χ3v) is 19.5. The number of imide groups is 1. The molecule has 0 radical (unpaired) electrons. The normalized spacial score (nSPS) is 19.4. The molecular formula is C57H65ClF3N9O7S3. The maximum Gasteiger partial charge on any atom is 0.501 e. The summed E-state index contributed by atoms with van der Waals surface area (Å²) >= 11 is 7.64. The Morgan fingerprint density at radius 2 is 1.49 bits per heavy atom. The van der Waals surface area contributed by atoms with Gasteiger partial charge in [-0.25, -0.2) is 21.6 Å². The van der Waals surface area contributed by atoms with Gasteiger partial charge in [-0.15, -0.1) is 11.8 Å². The van der Waals surface area contributed by atoms with E-state index in [4.69, 9.17) is 11.6 Å². The molecule has 1 unspecified atom stereocenters. The van der Waals surface area contributed by atoms with Gasteiger partial charge >= 0.3 is 5.51 Å². The van der Waals surface area contributed by atoms with Crippen molar-refractivity contribution in [3.8, 4) is 0 Å². The Morgan fingerprint density at radius 1 is 0.812 bits per heavy atom. The lowest BCUT2D eigenvalue weighted by Gasteiger charge is -2.39. The summed E-state index contributed by atoms with van der Waals surface area (Å²) < 4.78 is 99.4. The average molecular weight is 1180 g/mol. The molecule has 0 saturated carbocycles. The highest BCUT2D eigenvalue weighted by atomic mass is 35.5. The van der Waals surface area contributed by atoms with Crippen molar-refractivity contribution < 1.29 is 44.4 Å². The van der Waals surface area contributed by atoms with E-state index in [1.165, 1.54) is 40.6 Å². The van der Waals surface area contributed by atoms with E-state index in [-0.39, 0.29) is 29.2 Å². The first kappa shape index (κ1) is 58.8. The van der Waals surface area contributed by atoms with Crippen LogP contribution in [-0.4, -0.2) is 142 Å². The predicted molar refractivity (Wildman–Crippen MR) is 304 cm³/mol. The number of nitrogens with zero attached hydrogens (tertiary/aromatic N) is 6. The van der Waals surface area contributed by atoms with Crippen molar-refractivity contribution >= 4 is 77.9 Å². The number of benzene rings is 4. The van der Waals surface area contributed by atoms with Crippen LogP contribution in [0.1, 0.15) is 85.6 Å². The van der Waals surface area contributed by atoms with Crippen molar-refractivity contribution in [2.45, 2.75) is 91.1 Å². The first-order valence-corrected chi connectivity index (χ1v) is 31.0. The summed E-state index contributed by atoms with van der Waals surface area (Å²) in [6.45, 7) is 12.2. The summed E-state index contributed by atoms with van der Waals surface area (Å²) in [5, 5.41) is 14.7. The van der Waals surface area contributed by atoms with Crippen LogP contribution in [0.15, 0.2) is 129 Å². The quantitative estimate of drug-likeness (QED) is 0.0525. The van der Waals surface area contributed by atoms with Gasteiger partial charge in [0.1, 0.15) is 4.90 Å². The second-order valence-corrected chi connectivity index (χ2v) is 26.7. The molecule has 16 nitrogen and oxygen atoms in total. The number of sulfone groups is 1. The lowest BCUT2D eigenvalue weighted by molar-refractivity contribution is -0.134. The Labute approximate surface area is 474 Å². The fourth-order valence-electron chi connectivity index (χ4n) is 10.7. The largest absolute Gasteiger partial charge is 0.501 e. The first-order chi connectivity index (χ1) is 38.1. The number of anilines is 2. The number of carbonyl (C=O) groups is 3. The SMILES string of the molecule is CC1(C)CCC(c2ccc(Cl)cc2)=C(CN2CCN(c3ccc(C(=O)NS(=O)(=O)c4ccc(N[C@H](CCN5CCN(Cc6ccc(C7CCC(=O)NC7=O)nn6)CC5)CSc5ccccc5)c(S(=O)(=O)C(F)(F)F)c4)cc3)CC2)C1. The van der Waals surface area contributed by atoms with Gasteiger partial charge in [-0.3, -0.25) is 29.5 Å². The van der Waals surface area contributed by atoms with Crippen LogP contribution in [0.2, 0.25) is 5.02 Å². The Bertz CT molecular complexity index is 3290. The van der Waals surface area contributed by atoms with Crippen LogP contribution in [0, 0.1) is 5.41 Å². The third kappa shape index (κ3) is 14.8. The highest BCUT2D eigenvalue weighted by Crippen LogP contribution is 2.43. The lowest BCUT2D eigenvalue weighted by Crippen LogP contribution is -2.47. The van der Waals surface area contributed by atoms with Gasteiger partial charge in [-0.1, -0.05) is 61.4 Å². The maximum atomic E-state index is 14.4. The second kappa shape index (κ2) is 25.1. The summed E-state index contributed by atoms with van der Waals surface area (Å²) in [5.41, 5.74) is 0.0355. The zero-order valence-corrected chi connectivity index (χ0v) is 47.8. The molecule has 80 heavy (non-hydrogen) atoms. The van der Waals surface area contributed by atoms with Crippen molar-refractivity contribution in [2.75, 3.05) is 81.4 Å². The zero-order chi connectivity index (χ0) is 56.8. The Morgan fingerprint density at radius 3 is 2.15 bits per heavy atom. The van der Waals surface area contributed by atoms with Crippen LogP contribution in [0.4, 0.5) is 24.5 Å². The molecule has 2 atom stereocenters. The molecule has 9 rings (SSSR count). The average Bonchev–Trinajstić information content (AvgIpc) is 3.44. The molecule has 426 valence electrons. The van der Waals surface area contributed by atoms with Crippen molar-refractivity contribution in [1.82, 2.24) is 34.9 Å². The molecule has 1 aromatic heterocycles. The van der Waals surface area contributed by atoms with Crippen LogP contribution in [0.3, 0.4) is 0 Å². The number of aromatic nitrogens is 2. The van der Waals surface area contributed by atoms with E-state index >= 15 is 0 Å². The zero-order valence-electron chi connectivity index (χ0n) is 44.6. The van der Waals surface area contributed by atoms with Gasteiger partial charge in [0, 0.05) is 111 Å². The number of carbonyl (C=O) groups excluding carboxylic acids is 3. The number of sulfonamides is 1. The smallest absolute Gasteiger partial charge is 0.380 e. The van der Waals surface area contributed by atoms with Crippen LogP contribution in [0.25, 0.3) is 5.57 Å². The van der Waals surface area contributed by atoms with Gasteiger partial charge < -0.3 is 15.1 Å². The van der Waals surface area contributed by atoms with E-state index in [0.717, 1.165) is 74.7 Å². The molecule has 5 aromatic rings. The standard InChI is InChI=1S/C57H65ClF3N9O7S3/c1-56(2)24-22-48(39-8-12-42(58)13-9-39)41(35-56)36-68-30-32-70(33-31-68)45-15-10-40(11-16-45)54(72)66-80(76,77)47-17-20-51(52(34-47)79(74,75)57(59,60)61)62-44(38-78-46-6-4-3-5-7-46)23-25-67-26-28-69(29-27-67)37-43-14-19-50(65-64-43)49-18-21-53(71)63-55(49)73/h3-17,19-20,34,44,49,62H,18,21-33,35-38H2,1-2H3,(H,66,72)(H,63,71,73)/t44-,49?/m1/s1.